The van der Waals surface area contributed by atoms with Crippen molar-refractivity contribution in [1.82, 2.24) is 29.8 Å². The second kappa shape index (κ2) is 25.4. The second-order valence-corrected chi connectivity index (χ2v) is 36.6. The first-order chi connectivity index (χ1) is 46.5. The summed E-state index contributed by atoms with van der Waals surface area (Å²) in [5.74, 6) is 3.01. The van der Waals surface area contributed by atoms with E-state index < -0.39 is 0 Å². The molecule has 11 heterocycles. The van der Waals surface area contributed by atoms with Crippen molar-refractivity contribution in [2.24, 2.45) is 39.4 Å². The number of aryl methyl sites for hydroxylation is 15. The standard InChI is InChI=1S/C19H22N2.2C19H30N2.C17H26N2.C15H23N3/c1-11-9-12(2)20-13(3)19(11)21-14(4)17-10-18(21)16-8-6-5-7-15(16)17;1-11-9-12(2)20-15(5)17(11)21-16(6)18(7)10-19(21,8)14(4)13(18)3;1-12-11-13(2)20-14(3)16(12)21-15(4)18(7)9-10-19(21,8)17(18,5)6;1-10-9-11(2)18-12(3)16(10)19-13(4)14-7-8-15(19)17(14,5)6;1-10-8-11(2)16-12(3)14(10)18-13(4)17-7-6-15(18,5)9-17/h5-9,14,17-18H,10H2,1-4H3;9,13-14,16H,10H2,1-8H3;11,15H,9-10H2,1-8H3;9,13-15H,7-8H2,1-6H3;8,13H,6-7,9H2,1-5H3. The van der Waals surface area contributed by atoms with Crippen LogP contribution >= 0.6 is 0 Å². The average molecular weight is 1360 g/mol. The van der Waals surface area contributed by atoms with Gasteiger partial charge in [-0.25, -0.2) is 0 Å². The molecule has 6 aliphatic heterocycles. The predicted molar refractivity (Wildman–Crippen MR) is 422 cm³/mol. The van der Waals surface area contributed by atoms with Crippen molar-refractivity contribution in [3.63, 3.8) is 0 Å². The highest BCUT2D eigenvalue weighted by molar-refractivity contribution is 5.67. The van der Waals surface area contributed by atoms with Gasteiger partial charge in [-0.3, -0.25) is 29.8 Å². The Labute approximate surface area is 607 Å². The molecule has 100 heavy (non-hydrogen) atoms. The molecule has 5 aromatic heterocycles. The van der Waals surface area contributed by atoms with E-state index in [0.29, 0.717) is 75.5 Å². The lowest BCUT2D eigenvalue weighted by Gasteiger charge is -2.51. The number of rotatable bonds is 5. The van der Waals surface area contributed by atoms with Gasteiger partial charge in [0, 0.05) is 88.8 Å². The minimum absolute atomic E-state index is 0.230. The number of aromatic nitrogens is 5. The Bertz CT molecular complexity index is 4030. The van der Waals surface area contributed by atoms with Crippen molar-refractivity contribution in [1.29, 1.82) is 0 Å². The Balaban J connectivity index is 0.000000119. The van der Waals surface area contributed by atoms with Crippen molar-refractivity contribution >= 4 is 28.4 Å². The van der Waals surface area contributed by atoms with Crippen LogP contribution < -0.4 is 24.5 Å². The van der Waals surface area contributed by atoms with E-state index in [2.05, 4.69) is 304 Å². The van der Waals surface area contributed by atoms with Crippen LogP contribution in [0.15, 0.2) is 54.6 Å². The monoisotopic (exact) mass is 1350 g/mol. The average Bonchev–Trinajstić information content (AvgIpc) is 1.51. The Hall–Kier alpha value is -6.07. The molecule has 0 N–H and O–H groups in total. The topological polar surface area (TPSA) is 83.9 Å². The van der Waals surface area contributed by atoms with E-state index in [1.807, 2.05) is 0 Å². The fourth-order valence-corrected chi connectivity index (χ4v) is 24.5. The summed E-state index contributed by atoms with van der Waals surface area (Å²) in [6.45, 7) is 73.9. The molecule has 16 rings (SSSR count). The van der Waals surface area contributed by atoms with Crippen LogP contribution in [0.25, 0.3) is 0 Å². The highest BCUT2D eigenvalue weighted by Crippen LogP contribution is 2.70. The molecule has 17 atom stereocenters. The molecule has 542 valence electrons. The van der Waals surface area contributed by atoms with E-state index in [-0.39, 0.29) is 11.1 Å². The third kappa shape index (κ3) is 11.1. The number of pyridine rings is 5. The van der Waals surface area contributed by atoms with Gasteiger partial charge in [-0.15, -0.1) is 0 Å². The number of nitrogens with zero attached hydrogens (tertiary/aromatic N) is 11. The normalized spacial score (nSPS) is 34.5. The molecule has 6 saturated heterocycles. The van der Waals surface area contributed by atoms with Crippen molar-refractivity contribution < 1.29 is 0 Å². The summed E-state index contributed by atoms with van der Waals surface area (Å²) in [6.07, 6.45) is 9.69. The second-order valence-electron chi connectivity index (χ2n) is 36.6. The molecule has 4 aliphatic carbocycles. The van der Waals surface area contributed by atoms with Crippen LogP contribution in [0.4, 0.5) is 28.4 Å². The summed E-state index contributed by atoms with van der Waals surface area (Å²) < 4.78 is 0. The molecule has 1 aromatic carbocycles. The summed E-state index contributed by atoms with van der Waals surface area (Å²) in [7, 11) is 0. The van der Waals surface area contributed by atoms with Gasteiger partial charge in [0.2, 0.25) is 0 Å². The molecule has 10 bridgehead atoms. The summed E-state index contributed by atoms with van der Waals surface area (Å²) in [5.41, 5.74) is 30.8. The molecule has 11 nitrogen and oxygen atoms in total. The molecule has 10 aliphatic rings. The van der Waals surface area contributed by atoms with Crippen molar-refractivity contribution in [3.8, 4) is 0 Å². The zero-order valence-electron chi connectivity index (χ0n) is 68.3. The maximum absolute atomic E-state index is 4.76. The molecule has 0 amide bonds. The first-order valence-corrected chi connectivity index (χ1v) is 39.0. The lowest BCUT2D eigenvalue weighted by atomic mass is 9.65. The molecular weight excluding hydrogens is 1220 g/mol. The number of hydrogen-bond acceptors (Lipinski definition) is 11. The van der Waals surface area contributed by atoms with Crippen molar-refractivity contribution in [2.45, 2.75) is 325 Å². The van der Waals surface area contributed by atoms with Crippen LogP contribution in [0.3, 0.4) is 0 Å². The van der Waals surface area contributed by atoms with Gasteiger partial charge in [0.05, 0.1) is 74.7 Å². The number of anilines is 5. The van der Waals surface area contributed by atoms with E-state index in [0.717, 1.165) is 46.2 Å². The predicted octanol–water partition coefficient (Wildman–Crippen LogP) is 20.6. The van der Waals surface area contributed by atoms with Gasteiger partial charge in [-0.2, -0.15) is 0 Å². The van der Waals surface area contributed by atoms with E-state index >= 15 is 0 Å². The molecule has 3 saturated carbocycles. The molecule has 9 fully saturated rings. The van der Waals surface area contributed by atoms with Crippen LogP contribution in [-0.2, 0) is 0 Å². The summed E-state index contributed by atoms with van der Waals surface area (Å²) >= 11 is 0. The van der Waals surface area contributed by atoms with Crippen LogP contribution in [0.1, 0.15) is 264 Å². The van der Waals surface area contributed by atoms with Gasteiger partial charge in [0.1, 0.15) is 0 Å². The summed E-state index contributed by atoms with van der Waals surface area (Å²) in [4.78, 5) is 39.5. The largest absolute Gasteiger partial charge is 0.363 e. The fourth-order valence-electron chi connectivity index (χ4n) is 24.5. The van der Waals surface area contributed by atoms with Crippen molar-refractivity contribution in [2.75, 3.05) is 37.6 Å². The molecule has 11 heteroatoms. The van der Waals surface area contributed by atoms with E-state index in [4.69, 9.17) is 19.9 Å². The highest BCUT2D eigenvalue weighted by atomic mass is 15.5. The first kappa shape index (κ1) is 73.7. The Morgan fingerprint density at radius 3 is 1.29 bits per heavy atom. The van der Waals surface area contributed by atoms with E-state index in [9.17, 15) is 0 Å². The lowest BCUT2D eigenvalue weighted by molar-refractivity contribution is 0.132. The smallest absolute Gasteiger partial charge is 0.0799 e. The number of hydrogen-bond donors (Lipinski definition) is 0. The first-order valence-electron chi connectivity index (χ1n) is 39.0. The van der Waals surface area contributed by atoms with Crippen molar-refractivity contribution in [3.05, 3.63) is 150 Å². The maximum atomic E-state index is 4.76. The van der Waals surface area contributed by atoms with Gasteiger partial charge in [-0.1, -0.05) is 79.7 Å². The number of fused-ring (bicyclic) bond motifs is 13. The van der Waals surface area contributed by atoms with E-state index in [1.165, 1.54) is 148 Å². The van der Waals surface area contributed by atoms with E-state index in [1.54, 1.807) is 5.56 Å². The minimum atomic E-state index is 0.230. The van der Waals surface area contributed by atoms with Gasteiger partial charge in [0.15, 0.2) is 0 Å². The molecule has 0 spiro atoms. The molecule has 6 aromatic rings. The third-order valence-corrected chi connectivity index (χ3v) is 30.3. The zero-order valence-corrected chi connectivity index (χ0v) is 68.3. The van der Waals surface area contributed by atoms with Gasteiger partial charge >= 0.3 is 0 Å². The quantitative estimate of drug-likeness (QED) is 0.165. The maximum Gasteiger partial charge on any atom is 0.0799 e. The fraction of sp³-hybridized carbons (Fsp3) is 0.652. The minimum Gasteiger partial charge on any atom is -0.363 e. The Morgan fingerprint density at radius 2 is 0.880 bits per heavy atom. The SMILES string of the molecule is Cc1cc(C)c(N2C(C)C3(C)CC2(C)C(C)C3C)c(C)n1.Cc1cc(C)c(N2C(C)C3(C)CCC2(C)C3(C)C)c(C)n1.Cc1cc(C)c(N2C(C)C3CCC2C3(C)C)c(C)n1.Cc1cc(C)c(N2C(C)N3CCC2(C)C3)c(C)n1.Cc1cc(C)c(N2C3CC(c4ccccc43)C2C)c(C)n1. The third-order valence-electron chi connectivity index (χ3n) is 30.3. The number of benzene rings is 1. The van der Waals surface area contributed by atoms with Crippen LogP contribution in [0.5, 0.6) is 0 Å². The highest BCUT2D eigenvalue weighted by Gasteiger charge is 2.71. The van der Waals surface area contributed by atoms with Crippen LogP contribution in [0.2, 0.25) is 0 Å². The van der Waals surface area contributed by atoms with Gasteiger partial charge in [0.25, 0.3) is 0 Å². The number of piperidine rings is 3. The van der Waals surface area contributed by atoms with Gasteiger partial charge < -0.3 is 24.5 Å². The Morgan fingerprint density at radius 1 is 0.440 bits per heavy atom. The molecule has 17 unspecified atom stereocenters. The molecule has 0 radical (unpaired) electrons. The Kier molecular flexibility index (Phi) is 18.7. The zero-order chi connectivity index (χ0) is 73.3. The molecular formula is C89H131N11. The summed E-state index contributed by atoms with van der Waals surface area (Å²) in [5, 5.41) is 0. The van der Waals surface area contributed by atoms with Crippen LogP contribution in [0, 0.1) is 143 Å². The van der Waals surface area contributed by atoms with Crippen LogP contribution in [-0.4, -0.2) is 95.9 Å². The summed E-state index contributed by atoms with van der Waals surface area (Å²) in [6, 6.07) is 23.7. The lowest BCUT2D eigenvalue weighted by Crippen LogP contribution is -2.56. The van der Waals surface area contributed by atoms with Gasteiger partial charge in [-0.05, 0) is 313 Å².